The van der Waals surface area contributed by atoms with Crippen LogP contribution in [0.15, 0.2) is 17.5 Å². The third kappa shape index (κ3) is 1.48. The Morgan fingerprint density at radius 2 is 2.23 bits per heavy atom. The Labute approximate surface area is 93.8 Å². The number of thiophene rings is 1. The molecule has 13 heavy (non-hydrogen) atoms. The smallest absolute Gasteiger partial charge is 0.138 e. The number of hydrogen-bond donors (Lipinski definition) is 1. The predicted octanol–water partition coefficient (Wildman–Crippen LogP) is 3.10. The average Bonchev–Trinajstić information content (AvgIpc) is 2.47. The van der Waals surface area contributed by atoms with Crippen molar-refractivity contribution >= 4 is 49.7 Å². The highest BCUT2D eigenvalue weighted by atomic mass is 127. The summed E-state index contributed by atoms with van der Waals surface area (Å²) in [5.74, 6) is 0.864. The molecule has 2 rings (SSSR count). The summed E-state index contributed by atoms with van der Waals surface area (Å²) in [7, 11) is 1.67. The monoisotopic (exact) mass is 305 g/mol. The number of methoxy groups -OCH3 is 1. The van der Waals surface area contributed by atoms with E-state index >= 15 is 0 Å². The first-order valence-corrected chi connectivity index (χ1v) is 5.68. The molecule has 0 bridgehead atoms. The zero-order valence-electron chi connectivity index (χ0n) is 7.00. The number of fused-ring (bicyclic) bond motifs is 1. The molecular formula is C9H8INOS. The van der Waals surface area contributed by atoms with Crippen molar-refractivity contribution in [2.75, 3.05) is 12.8 Å². The number of anilines is 1. The van der Waals surface area contributed by atoms with Crippen LogP contribution in [-0.4, -0.2) is 7.11 Å². The molecule has 0 amide bonds. The van der Waals surface area contributed by atoms with Gasteiger partial charge in [0.15, 0.2) is 0 Å². The molecule has 1 aromatic carbocycles. The van der Waals surface area contributed by atoms with Crippen LogP contribution in [-0.2, 0) is 0 Å². The van der Waals surface area contributed by atoms with Gasteiger partial charge in [-0.05, 0) is 28.7 Å². The number of rotatable bonds is 1. The first kappa shape index (κ1) is 9.08. The molecule has 1 aromatic heterocycles. The first-order valence-electron chi connectivity index (χ1n) is 3.72. The largest absolute Gasteiger partial charge is 0.495 e. The zero-order chi connectivity index (χ0) is 9.42. The van der Waals surface area contributed by atoms with Crippen molar-refractivity contribution in [3.8, 4) is 5.75 Å². The van der Waals surface area contributed by atoms with E-state index in [4.69, 9.17) is 10.5 Å². The summed E-state index contributed by atoms with van der Waals surface area (Å²) in [5.41, 5.74) is 6.50. The van der Waals surface area contributed by atoms with Gasteiger partial charge in [-0.3, -0.25) is 0 Å². The summed E-state index contributed by atoms with van der Waals surface area (Å²) in [6, 6.07) is 3.84. The minimum atomic E-state index is 0.751. The van der Waals surface area contributed by atoms with Crippen LogP contribution in [0.1, 0.15) is 0 Å². The molecule has 0 saturated heterocycles. The Balaban J connectivity index is 2.84. The molecule has 0 radical (unpaired) electrons. The third-order valence-corrected chi connectivity index (χ3v) is 4.16. The molecule has 0 saturated carbocycles. The van der Waals surface area contributed by atoms with Gasteiger partial charge in [0.1, 0.15) is 5.75 Å². The Bertz CT molecular complexity index is 452. The average molecular weight is 305 g/mol. The SMILES string of the molecule is COc1cc(N)cc2c(I)csc12. The van der Waals surface area contributed by atoms with Crippen LogP contribution in [0.3, 0.4) is 0 Å². The van der Waals surface area contributed by atoms with E-state index in [9.17, 15) is 0 Å². The zero-order valence-corrected chi connectivity index (χ0v) is 9.98. The molecule has 2 N–H and O–H groups in total. The molecule has 2 aromatic rings. The number of hydrogen-bond acceptors (Lipinski definition) is 3. The van der Waals surface area contributed by atoms with Crippen molar-refractivity contribution < 1.29 is 4.74 Å². The maximum Gasteiger partial charge on any atom is 0.138 e. The number of halogens is 1. The van der Waals surface area contributed by atoms with Crippen molar-refractivity contribution in [3.05, 3.63) is 21.1 Å². The Kier molecular flexibility index (Phi) is 2.33. The third-order valence-electron chi connectivity index (χ3n) is 1.83. The molecule has 2 nitrogen and oxygen atoms in total. The Hall–Kier alpha value is -0.490. The topological polar surface area (TPSA) is 35.2 Å². The highest BCUT2D eigenvalue weighted by molar-refractivity contribution is 14.1. The van der Waals surface area contributed by atoms with Crippen molar-refractivity contribution in [1.82, 2.24) is 0 Å². The lowest BCUT2D eigenvalue weighted by Gasteiger charge is -2.02. The summed E-state index contributed by atoms with van der Waals surface area (Å²) < 4.78 is 7.64. The van der Waals surface area contributed by atoms with Gasteiger partial charge in [-0.25, -0.2) is 0 Å². The molecular weight excluding hydrogens is 297 g/mol. The summed E-state index contributed by atoms with van der Waals surface area (Å²) in [6.45, 7) is 0. The summed E-state index contributed by atoms with van der Waals surface area (Å²) in [4.78, 5) is 0. The molecule has 4 heteroatoms. The predicted molar refractivity (Wildman–Crippen MR) is 65.5 cm³/mol. The molecule has 0 aliphatic heterocycles. The fraction of sp³-hybridized carbons (Fsp3) is 0.111. The van der Waals surface area contributed by atoms with Gasteiger partial charge in [0, 0.05) is 26.1 Å². The number of nitrogen functional groups attached to an aromatic ring is 1. The Morgan fingerprint density at radius 3 is 2.92 bits per heavy atom. The fourth-order valence-electron chi connectivity index (χ4n) is 1.25. The van der Waals surface area contributed by atoms with Crippen molar-refractivity contribution in [1.29, 1.82) is 0 Å². The maximum absolute atomic E-state index is 5.75. The molecule has 68 valence electrons. The van der Waals surface area contributed by atoms with Gasteiger partial charge in [0.05, 0.1) is 11.8 Å². The lowest BCUT2D eigenvalue weighted by Crippen LogP contribution is -1.88. The number of benzene rings is 1. The molecule has 0 spiro atoms. The molecule has 0 atom stereocenters. The second-order valence-corrected chi connectivity index (χ2v) is 4.73. The van der Waals surface area contributed by atoms with Gasteiger partial charge in [0.2, 0.25) is 0 Å². The molecule has 0 unspecified atom stereocenters. The van der Waals surface area contributed by atoms with Crippen molar-refractivity contribution in [2.45, 2.75) is 0 Å². The molecule has 0 aliphatic rings. The fourth-order valence-corrected chi connectivity index (χ4v) is 3.14. The molecule has 0 aliphatic carbocycles. The van der Waals surface area contributed by atoms with Crippen LogP contribution in [0.4, 0.5) is 5.69 Å². The van der Waals surface area contributed by atoms with E-state index in [1.54, 1.807) is 18.4 Å². The normalized spacial score (nSPS) is 10.6. The second-order valence-electron chi connectivity index (χ2n) is 2.68. The van der Waals surface area contributed by atoms with Crippen LogP contribution in [0.25, 0.3) is 10.1 Å². The van der Waals surface area contributed by atoms with E-state index in [-0.39, 0.29) is 0 Å². The Morgan fingerprint density at radius 1 is 1.46 bits per heavy atom. The first-order chi connectivity index (χ1) is 6.22. The van der Waals surface area contributed by atoms with E-state index in [2.05, 4.69) is 28.0 Å². The minimum absolute atomic E-state index is 0.751. The maximum atomic E-state index is 5.75. The number of ether oxygens (including phenoxy) is 1. The summed E-state index contributed by atoms with van der Waals surface area (Å²) in [6.07, 6.45) is 0. The quantitative estimate of drug-likeness (QED) is 0.649. The van der Waals surface area contributed by atoms with Crippen molar-refractivity contribution in [2.24, 2.45) is 0 Å². The van der Waals surface area contributed by atoms with E-state index < -0.39 is 0 Å². The van der Waals surface area contributed by atoms with Gasteiger partial charge in [-0.2, -0.15) is 0 Å². The van der Waals surface area contributed by atoms with Crippen LogP contribution in [0.2, 0.25) is 0 Å². The van der Waals surface area contributed by atoms with Gasteiger partial charge in [-0.15, -0.1) is 11.3 Å². The summed E-state index contributed by atoms with van der Waals surface area (Å²) >= 11 is 3.99. The second kappa shape index (κ2) is 3.34. The summed E-state index contributed by atoms with van der Waals surface area (Å²) in [5, 5.41) is 3.29. The van der Waals surface area contributed by atoms with Gasteiger partial charge < -0.3 is 10.5 Å². The lowest BCUT2D eigenvalue weighted by molar-refractivity contribution is 0.420. The van der Waals surface area contributed by atoms with Gasteiger partial charge in [-0.1, -0.05) is 0 Å². The van der Waals surface area contributed by atoms with Gasteiger partial charge >= 0.3 is 0 Å². The standard InChI is InChI=1S/C9H8INOS/c1-12-8-3-5(11)2-6-7(10)4-13-9(6)8/h2-4H,11H2,1H3. The van der Waals surface area contributed by atoms with E-state index in [1.165, 1.54) is 13.7 Å². The van der Waals surface area contributed by atoms with E-state index in [0.717, 1.165) is 11.4 Å². The van der Waals surface area contributed by atoms with E-state index in [1.807, 2.05) is 12.1 Å². The lowest BCUT2D eigenvalue weighted by atomic mass is 10.2. The van der Waals surface area contributed by atoms with Crippen LogP contribution in [0.5, 0.6) is 5.75 Å². The van der Waals surface area contributed by atoms with Crippen LogP contribution < -0.4 is 10.5 Å². The number of nitrogens with two attached hydrogens (primary N) is 1. The van der Waals surface area contributed by atoms with Crippen molar-refractivity contribution in [3.63, 3.8) is 0 Å². The van der Waals surface area contributed by atoms with Gasteiger partial charge in [0.25, 0.3) is 0 Å². The van der Waals surface area contributed by atoms with E-state index in [0.29, 0.717) is 0 Å². The van der Waals surface area contributed by atoms with Crippen LogP contribution in [0, 0.1) is 3.57 Å². The molecule has 0 fully saturated rings. The molecule has 1 heterocycles. The minimum Gasteiger partial charge on any atom is -0.495 e. The highest BCUT2D eigenvalue weighted by Gasteiger charge is 2.07. The van der Waals surface area contributed by atoms with Crippen LogP contribution >= 0.6 is 33.9 Å². The highest BCUT2D eigenvalue weighted by Crippen LogP contribution is 2.36.